The fraction of sp³-hybridized carbons (Fsp3) is 0.0323. The largest absolute Gasteiger partial charge is 0.455 e. The minimum atomic E-state index is 0.928. The van der Waals surface area contributed by atoms with Gasteiger partial charge in [0.1, 0.15) is 11.2 Å². The average Bonchev–Trinajstić information content (AvgIpc) is 3.24. The Bertz CT molecular complexity index is 1570. The molecule has 1 nitrogen and oxygen atoms in total. The molecule has 0 bridgehead atoms. The molecule has 1 heteroatoms. The van der Waals surface area contributed by atoms with E-state index in [9.17, 15) is 0 Å². The van der Waals surface area contributed by atoms with Gasteiger partial charge in [0.25, 0.3) is 0 Å². The average molecular weight is 411 g/mol. The number of aryl methyl sites for hydroxylation is 1. The molecule has 0 amide bonds. The molecule has 152 valence electrons. The Labute approximate surface area is 187 Å². The normalized spacial score (nSPS) is 11.3. The first kappa shape index (κ1) is 18.7. The summed E-state index contributed by atoms with van der Waals surface area (Å²) in [5.41, 5.74) is 10.3. The summed E-state index contributed by atoms with van der Waals surface area (Å²) in [6.45, 7) is 2.12. The van der Waals surface area contributed by atoms with Crippen molar-refractivity contribution in [2.75, 3.05) is 0 Å². The van der Waals surface area contributed by atoms with Gasteiger partial charge in [-0.2, -0.15) is 0 Å². The predicted octanol–water partition coefficient (Wildman–Crippen LogP) is 8.90. The standard InChI is InChI=1S/C31H22O/c1-21-15-17-22(18-16-21)23-7-4-8-24(19-23)25-9-5-10-26(20-25)27-12-6-13-29-28-11-2-3-14-30(28)32-31(27)29/h2-20H,1H3. The first-order valence-corrected chi connectivity index (χ1v) is 10.9. The zero-order valence-corrected chi connectivity index (χ0v) is 17.9. The third-order valence-corrected chi connectivity index (χ3v) is 6.16. The number of fused-ring (bicyclic) bond motifs is 3. The van der Waals surface area contributed by atoms with Crippen LogP contribution in [-0.2, 0) is 0 Å². The van der Waals surface area contributed by atoms with Crippen LogP contribution in [0.2, 0.25) is 0 Å². The van der Waals surface area contributed by atoms with E-state index in [0.29, 0.717) is 0 Å². The van der Waals surface area contributed by atoms with Crippen molar-refractivity contribution >= 4 is 21.9 Å². The number of furan rings is 1. The summed E-state index contributed by atoms with van der Waals surface area (Å²) in [5.74, 6) is 0. The zero-order valence-electron chi connectivity index (χ0n) is 17.9. The topological polar surface area (TPSA) is 13.1 Å². The van der Waals surface area contributed by atoms with Crippen LogP contribution in [0.5, 0.6) is 0 Å². The Morgan fingerprint density at radius 1 is 0.469 bits per heavy atom. The first-order chi connectivity index (χ1) is 15.8. The molecule has 0 saturated heterocycles. The van der Waals surface area contributed by atoms with Crippen LogP contribution in [0.4, 0.5) is 0 Å². The van der Waals surface area contributed by atoms with Crippen LogP contribution in [0.1, 0.15) is 5.56 Å². The Morgan fingerprint density at radius 2 is 1.06 bits per heavy atom. The van der Waals surface area contributed by atoms with E-state index in [1.807, 2.05) is 12.1 Å². The van der Waals surface area contributed by atoms with Crippen molar-refractivity contribution in [2.45, 2.75) is 6.92 Å². The summed E-state index contributed by atoms with van der Waals surface area (Å²) in [6, 6.07) is 40.8. The second-order valence-corrected chi connectivity index (χ2v) is 8.31. The second-order valence-electron chi connectivity index (χ2n) is 8.31. The zero-order chi connectivity index (χ0) is 21.5. The smallest absolute Gasteiger partial charge is 0.143 e. The van der Waals surface area contributed by atoms with Crippen molar-refractivity contribution in [3.63, 3.8) is 0 Å². The molecule has 0 atom stereocenters. The third kappa shape index (κ3) is 3.19. The fourth-order valence-corrected chi connectivity index (χ4v) is 4.47. The van der Waals surface area contributed by atoms with Gasteiger partial charge in [-0.15, -0.1) is 0 Å². The van der Waals surface area contributed by atoms with Crippen molar-refractivity contribution in [3.05, 3.63) is 121 Å². The first-order valence-electron chi connectivity index (χ1n) is 10.9. The van der Waals surface area contributed by atoms with Crippen LogP contribution in [0.25, 0.3) is 55.3 Å². The fourth-order valence-electron chi connectivity index (χ4n) is 4.47. The highest BCUT2D eigenvalue weighted by molar-refractivity contribution is 6.09. The third-order valence-electron chi connectivity index (χ3n) is 6.16. The van der Waals surface area contributed by atoms with E-state index < -0.39 is 0 Å². The number of para-hydroxylation sites is 2. The molecular weight excluding hydrogens is 388 g/mol. The number of hydrogen-bond acceptors (Lipinski definition) is 1. The molecule has 0 radical (unpaired) electrons. The minimum Gasteiger partial charge on any atom is -0.455 e. The van der Waals surface area contributed by atoms with Crippen LogP contribution >= 0.6 is 0 Å². The van der Waals surface area contributed by atoms with E-state index in [4.69, 9.17) is 4.42 Å². The van der Waals surface area contributed by atoms with Crippen molar-refractivity contribution in [3.8, 4) is 33.4 Å². The van der Waals surface area contributed by atoms with Crippen LogP contribution in [0.3, 0.4) is 0 Å². The molecule has 1 heterocycles. The Balaban J connectivity index is 1.46. The van der Waals surface area contributed by atoms with E-state index in [1.54, 1.807) is 0 Å². The van der Waals surface area contributed by atoms with Crippen molar-refractivity contribution in [2.24, 2.45) is 0 Å². The van der Waals surface area contributed by atoms with E-state index >= 15 is 0 Å². The van der Waals surface area contributed by atoms with Gasteiger partial charge in [0.2, 0.25) is 0 Å². The lowest BCUT2D eigenvalue weighted by atomic mass is 9.95. The molecule has 0 aliphatic rings. The molecule has 6 rings (SSSR count). The van der Waals surface area contributed by atoms with Crippen molar-refractivity contribution < 1.29 is 4.42 Å². The summed E-state index contributed by atoms with van der Waals surface area (Å²) in [6.07, 6.45) is 0. The molecule has 0 aliphatic heterocycles. The van der Waals surface area contributed by atoms with E-state index in [0.717, 1.165) is 33.1 Å². The highest BCUT2D eigenvalue weighted by atomic mass is 16.3. The summed E-state index contributed by atoms with van der Waals surface area (Å²) in [4.78, 5) is 0. The van der Waals surface area contributed by atoms with Gasteiger partial charge in [-0.3, -0.25) is 0 Å². The van der Waals surface area contributed by atoms with Crippen LogP contribution in [0, 0.1) is 6.92 Å². The molecule has 6 aromatic rings. The molecule has 0 aliphatic carbocycles. The quantitative estimate of drug-likeness (QED) is 0.284. The molecule has 32 heavy (non-hydrogen) atoms. The van der Waals surface area contributed by atoms with Gasteiger partial charge in [-0.05, 0) is 52.9 Å². The highest BCUT2D eigenvalue weighted by Crippen LogP contribution is 2.37. The number of rotatable bonds is 3. The maximum Gasteiger partial charge on any atom is 0.143 e. The molecule has 0 N–H and O–H groups in total. The summed E-state index contributed by atoms with van der Waals surface area (Å²) in [5, 5.41) is 2.32. The molecule has 0 unspecified atom stereocenters. The van der Waals surface area contributed by atoms with E-state index in [1.165, 1.54) is 27.8 Å². The Hall–Kier alpha value is -4.10. The summed E-state index contributed by atoms with van der Waals surface area (Å²) < 4.78 is 6.27. The van der Waals surface area contributed by atoms with Crippen LogP contribution in [0.15, 0.2) is 120 Å². The molecular formula is C31H22O. The van der Waals surface area contributed by atoms with Gasteiger partial charge in [0.15, 0.2) is 0 Å². The van der Waals surface area contributed by atoms with Gasteiger partial charge in [0, 0.05) is 16.3 Å². The van der Waals surface area contributed by atoms with Crippen molar-refractivity contribution in [1.82, 2.24) is 0 Å². The molecule has 5 aromatic carbocycles. The van der Waals surface area contributed by atoms with Gasteiger partial charge in [-0.25, -0.2) is 0 Å². The molecule has 0 fully saturated rings. The number of benzene rings is 5. The Kier molecular flexibility index (Phi) is 4.40. The molecule has 0 saturated carbocycles. The van der Waals surface area contributed by atoms with Gasteiger partial charge in [0.05, 0.1) is 0 Å². The lowest BCUT2D eigenvalue weighted by Gasteiger charge is -2.09. The predicted molar refractivity (Wildman–Crippen MR) is 135 cm³/mol. The van der Waals surface area contributed by atoms with Gasteiger partial charge < -0.3 is 4.42 Å². The van der Waals surface area contributed by atoms with Crippen molar-refractivity contribution in [1.29, 1.82) is 0 Å². The highest BCUT2D eigenvalue weighted by Gasteiger charge is 2.12. The molecule has 0 spiro atoms. The Morgan fingerprint density at radius 3 is 1.84 bits per heavy atom. The lowest BCUT2D eigenvalue weighted by Crippen LogP contribution is -1.84. The van der Waals surface area contributed by atoms with Crippen LogP contribution < -0.4 is 0 Å². The van der Waals surface area contributed by atoms with Gasteiger partial charge in [-0.1, -0.05) is 103 Å². The molecule has 1 aromatic heterocycles. The lowest BCUT2D eigenvalue weighted by molar-refractivity contribution is 0.670. The van der Waals surface area contributed by atoms with Gasteiger partial charge >= 0.3 is 0 Å². The second kappa shape index (κ2) is 7.55. The van der Waals surface area contributed by atoms with E-state index in [2.05, 4.69) is 110 Å². The monoisotopic (exact) mass is 410 g/mol. The van der Waals surface area contributed by atoms with E-state index in [-0.39, 0.29) is 0 Å². The van der Waals surface area contributed by atoms with Crippen LogP contribution in [-0.4, -0.2) is 0 Å². The minimum absolute atomic E-state index is 0.928. The maximum absolute atomic E-state index is 6.27. The summed E-state index contributed by atoms with van der Waals surface area (Å²) in [7, 11) is 0. The summed E-state index contributed by atoms with van der Waals surface area (Å²) >= 11 is 0. The maximum atomic E-state index is 6.27. The SMILES string of the molecule is Cc1ccc(-c2cccc(-c3cccc(-c4cccc5c4oc4ccccc45)c3)c2)cc1. The number of hydrogen-bond donors (Lipinski definition) is 0.